The molecule has 0 saturated carbocycles. The summed E-state index contributed by atoms with van der Waals surface area (Å²) >= 11 is 0. The van der Waals surface area contributed by atoms with Crippen molar-refractivity contribution in [2.45, 2.75) is 67.0 Å². The van der Waals surface area contributed by atoms with Gasteiger partial charge in [-0.3, -0.25) is 0 Å². The molecule has 0 atom stereocenters. The summed E-state index contributed by atoms with van der Waals surface area (Å²) in [5.74, 6) is -1.06. The van der Waals surface area contributed by atoms with Crippen LogP contribution < -0.4 is 5.19 Å². The van der Waals surface area contributed by atoms with E-state index in [4.69, 9.17) is 9.90 Å². The van der Waals surface area contributed by atoms with Crippen LogP contribution >= 0.6 is 0 Å². The Labute approximate surface area is 315 Å². The molecule has 0 aliphatic carbocycles. The maximum atomic E-state index is 14.4. The van der Waals surface area contributed by atoms with E-state index >= 15 is 0 Å². The second-order valence-electron chi connectivity index (χ2n) is 13.7. The zero-order valence-corrected chi connectivity index (χ0v) is 32.9. The third-order valence-electron chi connectivity index (χ3n) is 8.60. The molecule has 0 fully saturated rings. The number of aryl methyl sites for hydroxylation is 4. The van der Waals surface area contributed by atoms with E-state index in [0.29, 0.717) is 21.9 Å². The third-order valence-corrected chi connectivity index (χ3v) is 10.6. The van der Waals surface area contributed by atoms with Gasteiger partial charge in [-0.2, -0.15) is 0 Å². The summed E-state index contributed by atoms with van der Waals surface area (Å²) in [6.45, 7) is 14.7. The molecule has 0 spiro atoms. The predicted molar refractivity (Wildman–Crippen MR) is 204 cm³/mol. The molecule has 4 heterocycles. The average Bonchev–Trinajstić information content (AvgIpc) is 3.47. The second kappa shape index (κ2) is 14.9. The van der Waals surface area contributed by atoms with E-state index in [0.717, 1.165) is 28.1 Å². The minimum absolute atomic E-state index is 0. The Morgan fingerprint density at radius 3 is 2.26 bits per heavy atom. The van der Waals surface area contributed by atoms with E-state index in [1.165, 1.54) is 45.8 Å². The number of fused-ring (bicyclic) bond motifs is 3. The topological polar surface area (TPSA) is 51.8 Å². The summed E-state index contributed by atoms with van der Waals surface area (Å²) in [4.78, 5) is 13.3. The molecule has 50 heavy (non-hydrogen) atoms. The number of aromatic nitrogens is 3. The fourth-order valence-corrected chi connectivity index (χ4v) is 7.95. The van der Waals surface area contributed by atoms with Crippen molar-refractivity contribution in [3.63, 3.8) is 0 Å². The molecular weight excluding hydrogens is 814 g/mol. The number of pyridine rings is 3. The maximum Gasteiger partial charge on any atom is 0.219 e. The van der Waals surface area contributed by atoms with Gasteiger partial charge in [0.15, 0.2) is 0 Å². The predicted octanol–water partition coefficient (Wildman–Crippen LogP) is 11.1. The van der Waals surface area contributed by atoms with Crippen molar-refractivity contribution in [3.05, 3.63) is 131 Å². The van der Waals surface area contributed by atoms with Gasteiger partial charge in [0.1, 0.15) is 5.82 Å². The van der Waals surface area contributed by atoms with Gasteiger partial charge in [-0.05, 0) is 77.6 Å². The van der Waals surface area contributed by atoms with Crippen LogP contribution in [0.25, 0.3) is 55.7 Å². The van der Waals surface area contributed by atoms with Crippen LogP contribution in [0.3, 0.4) is 0 Å². The minimum Gasteiger partial charge on any atom is -0.486 e. The number of rotatable bonds is 5. The van der Waals surface area contributed by atoms with E-state index < -0.39 is 20.8 Å². The number of hydrogen-bond donors (Lipinski definition) is 0. The third kappa shape index (κ3) is 7.56. The molecule has 0 N–H and O–H groups in total. The van der Waals surface area contributed by atoms with Crippen molar-refractivity contribution >= 4 is 35.3 Å². The van der Waals surface area contributed by atoms with Gasteiger partial charge in [0.25, 0.3) is 0 Å². The van der Waals surface area contributed by atoms with Crippen LogP contribution in [0.4, 0.5) is 4.39 Å². The van der Waals surface area contributed by atoms with Crippen LogP contribution in [0.5, 0.6) is 0 Å². The van der Waals surface area contributed by atoms with Gasteiger partial charge in [0.05, 0.1) is 19.0 Å². The second-order valence-corrected chi connectivity index (χ2v) is 18.8. The normalized spacial score (nSPS) is 13.1. The molecule has 4 aromatic heterocycles. The summed E-state index contributed by atoms with van der Waals surface area (Å²) in [6, 6.07) is 26.4. The Bertz CT molecular complexity index is 2450. The van der Waals surface area contributed by atoms with Crippen molar-refractivity contribution in [2.24, 2.45) is 0 Å². The van der Waals surface area contributed by atoms with Gasteiger partial charge < -0.3 is 14.4 Å². The maximum absolute atomic E-state index is 14.4. The number of hydrogen-bond acceptors (Lipinski definition) is 4. The van der Waals surface area contributed by atoms with Crippen LogP contribution in [0.15, 0.2) is 89.7 Å². The Morgan fingerprint density at radius 2 is 1.60 bits per heavy atom. The fraction of sp³-hybridized carbons (Fsp3) is 0.233. The smallest absolute Gasteiger partial charge is 0.219 e. The number of nitrogens with zero attached hydrogens (tertiary/aromatic N) is 3. The largest absolute Gasteiger partial charge is 0.486 e. The first-order valence-corrected chi connectivity index (χ1v) is 19.8. The Balaban J connectivity index is 0.000000208. The van der Waals surface area contributed by atoms with E-state index in [1.54, 1.807) is 30.5 Å². The van der Waals surface area contributed by atoms with Crippen molar-refractivity contribution < 1.29 is 34.4 Å². The first kappa shape index (κ1) is 31.7. The summed E-state index contributed by atoms with van der Waals surface area (Å²) in [6.07, 6.45) is 5.08. The molecule has 257 valence electrons. The zero-order valence-electron chi connectivity index (χ0n) is 33.5. The van der Waals surface area contributed by atoms with Gasteiger partial charge in [-0.25, -0.2) is 9.37 Å². The van der Waals surface area contributed by atoms with Gasteiger partial charge in [0.2, 0.25) is 5.71 Å². The van der Waals surface area contributed by atoms with Crippen molar-refractivity contribution in [3.8, 4) is 33.6 Å². The van der Waals surface area contributed by atoms with E-state index in [2.05, 4.69) is 79.6 Å². The van der Waals surface area contributed by atoms with Crippen molar-refractivity contribution in [1.82, 2.24) is 15.0 Å². The van der Waals surface area contributed by atoms with Crippen molar-refractivity contribution in [1.29, 1.82) is 0 Å². The van der Waals surface area contributed by atoms with Crippen LogP contribution in [0.1, 0.15) is 53.0 Å². The molecule has 4 nitrogen and oxygen atoms in total. The number of benzene rings is 3. The zero-order chi connectivity index (χ0) is 38.5. The summed E-state index contributed by atoms with van der Waals surface area (Å²) < 4.78 is 51.1. The summed E-state index contributed by atoms with van der Waals surface area (Å²) in [7, 11) is -1.61. The standard InChI is InChI=1S/C25H18FN2O.C18H24NSi.Ir/c1-14-11-15(2)22(16(3)12-14)17-7-9-27-21(13-17)18-5-4-6-19-23-20(26)8-10-28-25(23)29-24(18)19;1-13(2)16-11-17(15-9-7-14(3)8-10-15)19-12-18(16)20(4,5)6;/h4,6-13H,1-3H3;7-9,11-13H,1-6H3;/q2*-1;/i;3D3,13D;. The van der Waals surface area contributed by atoms with Crippen LogP contribution in [-0.2, 0) is 20.1 Å². The van der Waals surface area contributed by atoms with E-state index in [9.17, 15) is 4.39 Å². The molecule has 0 bridgehead atoms. The van der Waals surface area contributed by atoms with Gasteiger partial charge in [0, 0.05) is 44.2 Å². The molecule has 0 unspecified atom stereocenters. The van der Waals surface area contributed by atoms with Gasteiger partial charge >= 0.3 is 0 Å². The molecule has 7 heteroatoms. The molecule has 0 aliphatic heterocycles. The van der Waals surface area contributed by atoms with Gasteiger partial charge in [-0.1, -0.05) is 86.7 Å². The Morgan fingerprint density at radius 1 is 0.860 bits per heavy atom. The summed E-state index contributed by atoms with van der Waals surface area (Å²) in [5.41, 5.74) is 10.9. The first-order valence-electron chi connectivity index (χ1n) is 18.3. The molecule has 7 aromatic rings. The Hall–Kier alpha value is -4.29. The minimum atomic E-state index is -2.13. The quantitative estimate of drug-likeness (QED) is 0.128. The monoisotopic (exact) mass is 860 g/mol. The SMILES string of the molecule is Cc1cc(C)c(-c2ccnc(-c3[c-]ccc4c3oc3nccc(F)c34)c2)c(C)c1.[2H]C([2H])([2H])c1c[c-]c(-c2cc(C([2H])(C)C)c([Si](C)(C)C)cn2)cc1.[Ir]. The molecule has 7 rings (SSSR count). The van der Waals surface area contributed by atoms with E-state index in [-0.39, 0.29) is 37.2 Å². The molecule has 1 radical (unpaired) electrons. The molecule has 3 aromatic carbocycles. The van der Waals surface area contributed by atoms with Gasteiger partial charge in [-0.15, -0.1) is 53.6 Å². The number of furan rings is 1. The molecular formula is C43H42FIrN3OSi-2. The molecule has 0 amide bonds. The van der Waals surface area contributed by atoms with Crippen LogP contribution in [0.2, 0.25) is 19.6 Å². The fourth-order valence-electron chi connectivity index (χ4n) is 6.37. The van der Waals surface area contributed by atoms with Crippen LogP contribution in [0, 0.1) is 45.6 Å². The first-order chi connectivity index (χ1) is 24.8. The van der Waals surface area contributed by atoms with Crippen molar-refractivity contribution in [2.75, 3.05) is 0 Å². The summed E-state index contributed by atoms with van der Waals surface area (Å²) in [5, 5.41) is 2.25. The van der Waals surface area contributed by atoms with E-state index in [1.807, 2.05) is 38.2 Å². The van der Waals surface area contributed by atoms with Crippen LogP contribution in [-0.4, -0.2) is 23.0 Å². The molecule has 0 aliphatic rings. The molecule has 0 saturated heterocycles. The Kier molecular flexibility index (Phi) is 9.44. The average molecular weight is 860 g/mol. The number of halogens is 1.